The summed E-state index contributed by atoms with van der Waals surface area (Å²) in [5.41, 5.74) is 2.14. The molecule has 0 aliphatic heterocycles. The Balaban J connectivity index is 2.10. The number of nitrogens with one attached hydrogen (secondary N) is 1. The van der Waals surface area contributed by atoms with Gasteiger partial charge in [0, 0.05) is 22.5 Å². The van der Waals surface area contributed by atoms with Crippen LogP contribution < -0.4 is 5.32 Å². The predicted octanol–water partition coefficient (Wildman–Crippen LogP) is 2.18. The first-order chi connectivity index (χ1) is 10.1. The van der Waals surface area contributed by atoms with E-state index in [1.807, 2.05) is 42.9 Å². The van der Waals surface area contributed by atoms with Gasteiger partial charge >= 0.3 is 0 Å². The summed E-state index contributed by atoms with van der Waals surface area (Å²) in [5.74, 6) is -0.0283. The van der Waals surface area contributed by atoms with Crippen LogP contribution in [0.15, 0.2) is 30.3 Å². The van der Waals surface area contributed by atoms with Crippen molar-refractivity contribution in [2.45, 2.75) is 31.7 Å². The van der Waals surface area contributed by atoms with Crippen molar-refractivity contribution >= 4 is 28.6 Å². The third-order valence-corrected chi connectivity index (χ3v) is 4.91. The first-order valence-electron chi connectivity index (χ1n) is 7.04. The molecule has 2 aromatic rings. The van der Waals surface area contributed by atoms with Gasteiger partial charge in [-0.1, -0.05) is 18.2 Å². The SMILES string of the molecule is CSC(CO)C(C)NC(=O)Cn1c(C)cc2ccccc21. The molecule has 4 nitrogen and oxygen atoms in total. The van der Waals surface area contributed by atoms with Crippen molar-refractivity contribution in [3.8, 4) is 0 Å². The van der Waals surface area contributed by atoms with Gasteiger partial charge in [0.1, 0.15) is 6.54 Å². The van der Waals surface area contributed by atoms with Crippen LogP contribution in [-0.2, 0) is 11.3 Å². The number of para-hydroxylation sites is 1. The molecule has 21 heavy (non-hydrogen) atoms. The molecule has 114 valence electrons. The third kappa shape index (κ3) is 3.60. The summed E-state index contributed by atoms with van der Waals surface area (Å²) in [6.07, 6.45) is 1.94. The molecule has 2 unspecified atom stereocenters. The Morgan fingerprint density at radius 3 is 2.81 bits per heavy atom. The predicted molar refractivity (Wildman–Crippen MR) is 88.7 cm³/mol. The minimum Gasteiger partial charge on any atom is -0.395 e. The average molecular weight is 306 g/mol. The Hall–Kier alpha value is -1.46. The summed E-state index contributed by atoms with van der Waals surface area (Å²) in [4.78, 5) is 12.2. The molecule has 0 aliphatic carbocycles. The van der Waals surface area contributed by atoms with Crippen LogP contribution in [0.3, 0.4) is 0 Å². The summed E-state index contributed by atoms with van der Waals surface area (Å²) in [7, 11) is 0. The summed E-state index contributed by atoms with van der Waals surface area (Å²) < 4.78 is 2.02. The minimum atomic E-state index is -0.0559. The van der Waals surface area contributed by atoms with Crippen molar-refractivity contribution in [3.05, 3.63) is 36.0 Å². The lowest BCUT2D eigenvalue weighted by atomic mass is 10.2. The second kappa shape index (κ2) is 7.00. The Kier molecular flexibility index (Phi) is 5.31. The number of carbonyl (C=O) groups is 1. The van der Waals surface area contributed by atoms with E-state index in [0.717, 1.165) is 16.6 Å². The van der Waals surface area contributed by atoms with E-state index in [-0.39, 0.29) is 23.8 Å². The normalized spacial score (nSPS) is 14.1. The molecule has 2 rings (SSSR count). The number of aryl methyl sites for hydroxylation is 1. The lowest BCUT2D eigenvalue weighted by molar-refractivity contribution is -0.122. The van der Waals surface area contributed by atoms with Crippen LogP contribution in [0.2, 0.25) is 0 Å². The van der Waals surface area contributed by atoms with Crippen molar-refractivity contribution in [3.63, 3.8) is 0 Å². The number of thioether (sulfide) groups is 1. The van der Waals surface area contributed by atoms with Gasteiger partial charge in [0.25, 0.3) is 0 Å². The Morgan fingerprint density at radius 2 is 2.14 bits per heavy atom. The fourth-order valence-corrected chi connectivity index (χ4v) is 3.16. The van der Waals surface area contributed by atoms with E-state index >= 15 is 0 Å². The highest BCUT2D eigenvalue weighted by atomic mass is 32.2. The van der Waals surface area contributed by atoms with E-state index in [9.17, 15) is 9.90 Å². The molecule has 0 aliphatic rings. The molecule has 1 heterocycles. The van der Waals surface area contributed by atoms with Gasteiger partial charge in [-0.05, 0) is 37.6 Å². The number of aromatic nitrogens is 1. The van der Waals surface area contributed by atoms with Gasteiger partial charge in [-0.25, -0.2) is 0 Å². The summed E-state index contributed by atoms with van der Waals surface area (Å²) in [6.45, 7) is 4.30. The first-order valence-corrected chi connectivity index (χ1v) is 8.33. The molecular weight excluding hydrogens is 284 g/mol. The van der Waals surface area contributed by atoms with Crippen LogP contribution in [0.5, 0.6) is 0 Å². The van der Waals surface area contributed by atoms with Gasteiger partial charge in [0.2, 0.25) is 5.91 Å². The molecule has 1 amide bonds. The Labute approximate surface area is 129 Å². The highest BCUT2D eigenvalue weighted by Crippen LogP contribution is 2.19. The zero-order valence-electron chi connectivity index (χ0n) is 12.7. The van der Waals surface area contributed by atoms with Crippen molar-refractivity contribution in [1.29, 1.82) is 0 Å². The Bertz CT molecular complexity index is 620. The number of aliphatic hydroxyl groups excluding tert-OH is 1. The van der Waals surface area contributed by atoms with Crippen LogP contribution in [-0.4, -0.2) is 39.7 Å². The van der Waals surface area contributed by atoms with Crippen LogP contribution in [0, 0.1) is 6.92 Å². The molecule has 2 atom stereocenters. The maximum absolute atomic E-state index is 12.2. The second-order valence-electron chi connectivity index (χ2n) is 5.24. The van der Waals surface area contributed by atoms with Crippen molar-refractivity contribution < 1.29 is 9.90 Å². The number of rotatable bonds is 6. The molecule has 0 spiro atoms. The van der Waals surface area contributed by atoms with E-state index in [4.69, 9.17) is 0 Å². The summed E-state index contributed by atoms with van der Waals surface area (Å²) in [5, 5.41) is 13.4. The van der Waals surface area contributed by atoms with Crippen LogP contribution in [0.1, 0.15) is 12.6 Å². The van der Waals surface area contributed by atoms with Gasteiger partial charge < -0.3 is 15.0 Å². The molecule has 0 radical (unpaired) electrons. The third-order valence-electron chi connectivity index (χ3n) is 3.75. The number of carbonyl (C=O) groups excluding carboxylic acids is 1. The highest BCUT2D eigenvalue weighted by molar-refractivity contribution is 7.99. The second-order valence-corrected chi connectivity index (χ2v) is 6.32. The lowest BCUT2D eigenvalue weighted by Crippen LogP contribution is -2.42. The number of aliphatic hydroxyl groups is 1. The first kappa shape index (κ1) is 15.9. The number of hydrogen-bond acceptors (Lipinski definition) is 3. The maximum atomic E-state index is 12.2. The van der Waals surface area contributed by atoms with Crippen LogP contribution >= 0.6 is 11.8 Å². The monoisotopic (exact) mass is 306 g/mol. The number of fused-ring (bicyclic) bond motifs is 1. The van der Waals surface area contributed by atoms with E-state index in [1.54, 1.807) is 11.8 Å². The quantitative estimate of drug-likeness (QED) is 0.860. The smallest absolute Gasteiger partial charge is 0.240 e. The molecule has 0 saturated heterocycles. The van der Waals surface area contributed by atoms with Crippen molar-refractivity contribution in [1.82, 2.24) is 9.88 Å². The maximum Gasteiger partial charge on any atom is 0.240 e. The number of hydrogen-bond donors (Lipinski definition) is 2. The van der Waals surface area contributed by atoms with Gasteiger partial charge in [-0.2, -0.15) is 11.8 Å². The largest absolute Gasteiger partial charge is 0.395 e. The zero-order valence-corrected chi connectivity index (χ0v) is 13.5. The minimum absolute atomic E-state index is 0.0245. The van der Waals surface area contributed by atoms with Crippen LogP contribution in [0.25, 0.3) is 10.9 Å². The van der Waals surface area contributed by atoms with Gasteiger partial charge in [0.15, 0.2) is 0 Å². The molecule has 2 N–H and O–H groups in total. The summed E-state index contributed by atoms with van der Waals surface area (Å²) in [6, 6.07) is 10.1. The number of benzene rings is 1. The zero-order chi connectivity index (χ0) is 15.4. The van der Waals surface area contributed by atoms with Crippen molar-refractivity contribution in [2.24, 2.45) is 0 Å². The number of amides is 1. The molecule has 0 bridgehead atoms. The highest BCUT2D eigenvalue weighted by Gasteiger charge is 2.18. The molecule has 1 aromatic heterocycles. The topological polar surface area (TPSA) is 54.3 Å². The van der Waals surface area contributed by atoms with Crippen molar-refractivity contribution in [2.75, 3.05) is 12.9 Å². The molecule has 5 heteroatoms. The molecule has 1 aromatic carbocycles. The number of nitrogens with zero attached hydrogens (tertiary/aromatic N) is 1. The van der Waals surface area contributed by atoms with Crippen LogP contribution in [0.4, 0.5) is 0 Å². The van der Waals surface area contributed by atoms with E-state index in [0.29, 0.717) is 6.54 Å². The van der Waals surface area contributed by atoms with Gasteiger partial charge in [-0.3, -0.25) is 4.79 Å². The van der Waals surface area contributed by atoms with E-state index in [2.05, 4.69) is 17.4 Å². The standard InChI is InChI=1S/C16H22N2O2S/c1-11-8-13-6-4-5-7-14(13)18(11)9-16(20)17-12(2)15(10-19)21-3/h4-8,12,15,19H,9-10H2,1-3H3,(H,17,20). The van der Waals surface area contributed by atoms with Gasteiger partial charge in [0.05, 0.1) is 6.61 Å². The molecule has 0 fully saturated rings. The van der Waals surface area contributed by atoms with E-state index in [1.165, 1.54) is 0 Å². The molecule has 0 saturated carbocycles. The lowest BCUT2D eigenvalue weighted by Gasteiger charge is -2.21. The average Bonchev–Trinajstić information content (AvgIpc) is 2.76. The molecular formula is C16H22N2O2S. The fourth-order valence-electron chi connectivity index (χ4n) is 2.53. The van der Waals surface area contributed by atoms with Gasteiger partial charge in [-0.15, -0.1) is 0 Å². The Morgan fingerprint density at radius 1 is 1.43 bits per heavy atom. The summed E-state index contributed by atoms with van der Waals surface area (Å²) >= 11 is 1.56. The fraction of sp³-hybridized carbons (Fsp3) is 0.438. The van der Waals surface area contributed by atoms with E-state index < -0.39 is 0 Å².